The third-order valence-corrected chi connectivity index (χ3v) is 8.56. The Labute approximate surface area is 343 Å². The minimum atomic E-state index is -2.66. The molecule has 0 spiro atoms. The number of furan rings is 1. The number of aromatic nitrogens is 2. The Bertz CT molecular complexity index is 2910. The van der Waals surface area contributed by atoms with E-state index in [1.165, 1.54) is 30.6 Å². The summed E-state index contributed by atoms with van der Waals surface area (Å²) in [6, 6.07) is 40.8. The summed E-state index contributed by atoms with van der Waals surface area (Å²) in [5, 5.41) is 1.74. The van der Waals surface area contributed by atoms with Gasteiger partial charge in [-0.15, -0.1) is 54.1 Å². The topological polar surface area (TPSA) is 38.9 Å². The number of nitrogens with zero attached hydrogens (tertiary/aromatic N) is 2. The Balaban J connectivity index is 0.000000336. The zero-order valence-electron chi connectivity index (χ0n) is 40.8. The number of aryl methyl sites for hydroxylation is 4. The van der Waals surface area contributed by atoms with Gasteiger partial charge in [-0.2, -0.15) is 0 Å². The SMILES string of the molecule is [2H]C([2H])([2H])c1ccc(-c2[c-]cccc2)nc1.[2H]C([2H])([2H])c1cnc(-c2[c-]ccc3c2oc2c(-c4ccc(C)cc4)cccc23)cc1-c1ccc(C([2H])([2H])C(C)(C)C)cc1C([2H])([2H])[2H].[Ir]. The standard InChI is InChI=1S/C37H34NO.C12H10N.Ir/c1-23-13-16-27(17-14-23)29-9-7-10-30-31-11-8-12-32(36(31)39-35(29)30)34-20-33(25(3)22-38-34)28-18-15-26(19-24(28)2)21-37(4,5)6;1-10-7-8-12(13-9-10)11-5-3-2-4-6-11;/h7-11,13-20,22H,21H2,1-6H3;2-5,7-9H,1H3;/q2*-1;/i2D3,3D3,21D2;1D3;. The van der Waals surface area contributed by atoms with Gasteiger partial charge in [0.25, 0.3) is 0 Å². The van der Waals surface area contributed by atoms with E-state index in [1.54, 1.807) is 51.1 Å². The molecule has 1 radical (unpaired) electrons. The number of rotatable bonds is 5. The van der Waals surface area contributed by atoms with E-state index in [-0.39, 0.29) is 53.5 Å². The molecule has 53 heavy (non-hydrogen) atoms. The average molecular weight is 880 g/mol. The summed E-state index contributed by atoms with van der Waals surface area (Å²) in [4.78, 5) is 8.67. The predicted octanol–water partition coefficient (Wildman–Crippen LogP) is 13.2. The number of para-hydroxylation sites is 1. The number of hydrogen-bond acceptors (Lipinski definition) is 3. The van der Waals surface area contributed by atoms with E-state index >= 15 is 0 Å². The number of benzene rings is 5. The molecule has 0 aliphatic heterocycles. The third kappa shape index (κ3) is 8.41. The Kier molecular flexibility index (Phi) is 7.70. The molecule has 0 aliphatic carbocycles. The fraction of sp³-hybridized carbons (Fsp3) is 0.184. The fourth-order valence-corrected chi connectivity index (χ4v) is 6.12. The summed E-state index contributed by atoms with van der Waals surface area (Å²) in [6.45, 7) is -0.0859. The van der Waals surface area contributed by atoms with Gasteiger partial charge in [-0.25, -0.2) is 0 Å². The van der Waals surface area contributed by atoms with Crippen molar-refractivity contribution in [1.29, 1.82) is 0 Å². The Morgan fingerprint density at radius 2 is 1.45 bits per heavy atom. The molecule has 0 N–H and O–H groups in total. The molecule has 0 saturated carbocycles. The Morgan fingerprint density at radius 3 is 2.17 bits per heavy atom. The van der Waals surface area contributed by atoms with Crippen molar-refractivity contribution in [2.75, 3.05) is 0 Å². The Hall–Kier alpha value is -5.15. The molecule has 3 nitrogen and oxygen atoms in total. The van der Waals surface area contributed by atoms with Gasteiger partial charge < -0.3 is 14.4 Å². The van der Waals surface area contributed by atoms with Gasteiger partial charge in [-0.1, -0.05) is 116 Å². The summed E-state index contributed by atoms with van der Waals surface area (Å²) in [5.41, 5.74) is 6.47. The molecule has 0 amide bonds. The maximum Gasteiger partial charge on any atom is 0.128 e. The van der Waals surface area contributed by atoms with E-state index in [4.69, 9.17) is 19.5 Å². The first-order chi connectivity index (χ1) is 29.4. The molecule has 267 valence electrons. The summed E-state index contributed by atoms with van der Waals surface area (Å²) < 4.78 is 95.7. The van der Waals surface area contributed by atoms with Crippen LogP contribution >= 0.6 is 0 Å². The van der Waals surface area contributed by atoms with Gasteiger partial charge in [0.15, 0.2) is 0 Å². The van der Waals surface area contributed by atoms with E-state index in [0.717, 1.165) is 38.7 Å². The second kappa shape index (κ2) is 15.8. The predicted molar refractivity (Wildman–Crippen MR) is 217 cm³/mol. The summed E-state index contributed by atoms with van der Waals surface area (Å²) in [6.07, 6.45) is 0.796. The van der Waals surface area contributed by atoms with Crippen LogP contribution in [-0.4, -0.2) is 9.97 Å². The van der Waals surface area contributed by atoms with Gasteiger partial charge in [-0.05, 0) is 89.6 Å². The van der Waals surface area contributed by atoms with Crippen LogP contribution in [0.1, 0.15) is 63.7 Å². The number of hydrogen-bond donors (Lipinski definition) is 0. The monoisotopic (exact) mass is 880 g/mol. The van der Waals surface area contributed by atoms with Gasteiger partial charge in [0, 0.05) is 58.5 Å². The van der Waals surface area contributed by atoms with Crippen molar-refractivity contribution in [3.8, 4) is 44.8 Å². The quantitative estimate of drug-likeness (QED) is 0.162. The first-order valence-corrected chi connectivity index (χ1v) is 17.0. The van der Waals surface area contributed by atoms with Crippen molar-refractivity contribution in [3.05, 3.63) is 168 Å². The van der Waals surface area contributed by atoms with Crippen LogP contribution in [0.15, 0.2) is 132 Å². The van der Waals surface area contributed by atoms with Crippen LogP contribution in [0.25, 0.3) is 66.7 Å². The molecule has 3 heterocycles. The van der Waals surface area contributed by atoms with Crippen molar-refractivity contribution in [2.45, 2.75) is 54.6 Å². The van der Waals surface area contributed by atoms with E-state index < -0.39 is 32.3 Å². The molecular formula is C49H44IrN2O-2. The molecule has 0 fully saturated rings. The zero-order valence-corrected chi connectivity index (χ0v) is 32.2. The molecule has 5 aromatic carbocycles. The van der Waals surface area contributed by atoms with Gasteiger partial charge in [0.1, 0.15) is 5.58 Å². The van der Waals surface area contributed by atoms with Gasteiger partial charge >= 0.3 is 0 Å². The van der Waals surface area contributed by atoms with E-state index in [9.17, 15) is 0 Å². The summed E-state index contributed by atoms with van der Waals surface area (Å²) in [7, 11) is 0. The van der Waals surface area contributed by atoms with Gasteiger partial charge in [0.05, 0.1) is 5.58 Å². The van der Waals surface area contributed by atoms with Crippen LogP contribution in [0.5, 0.6) is 0 Å². The normalized spacial score (nSPS) is 15.3. The average Bonchev–Trinajstić information content (AvgIpc) is 3.62. The van der Waals surface area contributed by atoms with Crippen LogP contribution < -0.4 is 0 Å². The van der Waals surface area contributed by atoms with Crippen LogP contribution in [-0.2, 0) is 26.5 Å². The fourth-order valence-electron chi connectivity index (χ4n) is 6.12. The molecular weight excluding hydrogens is 825 g/mol. The zero-order chi connectivity index (χ0) is 45.7. The second-order valence-corrected chi connectivity index (χ2v) is 13.7. The number of pyridine rings is 2. The van der Waals surface area contributed by atoms with E-state index in [2.05, 4.69) is 22.1 Å². The summed E-state index contributed by atoms with van der Waals surface area (Å²) in [5.74, 6) is 0. The molecule has 0 unspecified atom stereocenters. The van der Waals surface area contributed by atoms with Crippen molar-refractivity contribution in [1.82, 2.24) is 9.97 Å². The smallest absolute Gasteiger partial charge is 0.128 e. The van der Waals surface area contributed by atoms with Crippen molar-refractivity contribution in [3.63, 3.8) is 0 Å². The number of fused-ring (bicyclic) bond motifs is 3. The van der Waals surface area contributed by atoms with Gasteiger partial charge in [0.2, 0.25) is 0 Å². The molecule has 4 heteroatoms. The first kappa shape index (κ1) is 25.8. The van der Waals surface area contributed by atoms with Crippen LogP contribution in [0.2, 0.25) is 0 Å². The van der Waals surface area contributed by atoms with Crippen molar-refractivity contribution in [2.24, 2.45) is 5.41 Å². The van der Waals surface area contributed by atoms with E-state index in [0.29, 0.717) is 22.4 Å². The second-order valence-electron chi connectivity index (χ2n) is 13.7. The molecule has 8 aromatic rings. The van der Waals surface area contributed by atoms with Gasteiger partial charge in [-0.3, -0.25) is 0 Å². The van der Waals surface area contributed by atoms with Crippen molar-refractivity contribution >= 4 is 21.9 Å². The first-order valence-electron chi connectivity index (χ1n) is 22.5. The van der Waals surface area contributed by atoms with Crippen LogP contribution in [0.4, 0.5) is 0 Å². The van der Waals surface area contributed by atoms with E-state index in [1.807, 2.05) is 73.7 Å². The molecule has 8 rings (SSSR count). The maximum atomic E-state index is 8.75. The minimum Gasteiger partial charge on any atom is -0.500 e. The van der Waals surface area contributed by atoms with Crippen LogP contribution in [0.3, 0.4) is 0 Å². The molecule has 0 aliphatic rings. The minimum absolute atomic E-state index is 0. The largest absolute Gasteiger partial charge is 0.500 e. The summed E-state index contributed by atoms with van der Waals surface area (Å²) >= 11 is 0. The molecule has 0 saturated heterocycles. The van der Waals surface area contributed by atoms with Crippen LogP contribution in [0, 0.1) is 45.0 Å². The Morgan fingerprint density at radius 1 is 0.660 bits per heavy atom. The molecule has 3 aromatic heterocycles. The third-order valence-electron chi connectivity index (χ3n) is 8.56. The van der Waals surface area contributed by atoms with Crippen molar-refractivity contribution < 1.29 is 39.6 Å². The maximum absolute atomic E-state index is 8.75. The molecule has 0 bridgehead atoms. The molecule has 0 atom stereocenters.